The highest BCUT2D eigenvalue weighted by Crippen LogP contribution is 2.43. The molecule has 0 aliphatic carbocycles. The van der Waals surface area contributed by atoms with Gasteiger partial charge in [0.05, 0.1) is 34.6 Å². The lowest BCUT2D eigenvalue weighted by molar-refractivity contribution is -0.164. The highest BCUT2D eigenvalue weighted by atomic mass is 79.9. The molecule has 2 aromatic heterocycles. The number of rotatable bonds is 3. The molecule has 3 aliphatic rings. The van der Waals surface area contributed by atoms with Gasteiger partial charge in [-0.1, -0.05) is 30.3 Å². The molecule has 3 aliphatic heterocycles. The minimum absolute atomic E-state index is 0.161. The number of anilines is 1. The Bertz CT molecular complexity index is 1840. The van der Waals surface area contributed by atoms with Crippen LogP contribution in [-0.2, 0) is 19.0 Å². The Morgan fingerprint density at radius 1 is 1.12 bits per heavy atom. The molecule has 6 bridgehead atoms. The van der Waals surface area contributed by atoms with Crippen molar-refractivity contribution < 1.29 is 28.1 Å². The first-order valence-corrected chi connectivity index (χ1v) is 18.0. The van der Waals surface area contributed by atoms with Crippen LogP contribution in [0.25, 0.3) is 28.0 Å². The van der Waals surface area contributed by atoms with Crippen LogP contribution in [0.3, 0.4) is 0 Å². The van der Waals surface area contributed by atoms with E-state index in [4.69, 9.17) is 23.9 Å². The van der Waals surface area contributed by atoms with Crippen molar-refractivity contribution in [2.24, 2.45) is 0 Å². The number of halogens is 2. The number of ether oxygens (including phenoxy) is 4. The van der Waals surface area contributed by atoms with Crippen LogP contribution in [-0.4, -0.2) is 59.5 Å². The Morgan fingerprint density at radius 3 is 2.55 bits per heavy atom. The van der Waals surface area contributed by atoms with Crippen molar-refractivity contribution in [1.82, 2.24) is 9.38 Å². The second-order valence-electron chi connectivity index (χ2n) is 14.5. The van der Waals surface area contributed by atoms with Gasteiger partial charge in [0.1, 0.15) is 5.82 Å². The molecule has 1 saturated heterocycles. The fraction of sp³-hybridized carbons (Fsp3) is 0.487. The average Bonchev–Trinajstić information content (AvgIpc) is 3.51. The maximum atomic E-state index is 15.3. The molecule has 2 unspecified atom stereocenters. The number of aromatic nitrogens is 2. The summed E-state index contributed by atoms with van der Waals surface area (Å²) in [4.78, 5) is 21.0. The first-order chi connectivity index (χ1) is 23.3. The Labute approximate surface area is 297 Å². The third kappa shape index (κ3) is 7.37. The summed E-state index contributed by atoms with van der Waals surface area (Å²) in [5, 5.41) is 0. The van der Waals surface area contributed by atoms with E-state index in [1.807, 2.05) is 71.1 Å². The van der Waals surface area contributed by atoms with Crippen molar-refractivity contribution in [2.75, 3.05) is 31.7 Å². The van der Waals surface area contributed by atoms with E-state index in [2.05, 4.69) is 32.2 Å². The highest BCUT2D eigenvalue weighted by Gasteiger charge is 2.38. The standard InChI is InChI=1S/C39H47BrFN3O5/c1-24-12-8-9-21-47-39(6)17-19-43(20-18-39)36-31(34(37(45)46-7)49-38(3,4)5)25(2)32(40)35-42-30(23-44(35)36)27-14-10-13-26(22-27)28-15-11-16-29(41)33(28)48-24/h10-11,13-16,22-24,34H,8-9,12,17-21H2,1-7H3. The number of fused-ring (bicyclic) bond motifs is 8. The zero-order valence-corrected chi connectivity index (χ0v) is 31.2. The second-order valence-corrected chi connectivity index (χ2v) is 15.3. The Balaban J connectivity index is 1.57. The zero-order chi connectivity index (χ0) is 35.1. The van der Waals surface area contributed by atoms with Crippen LogP contribution < -0.4 is 9.64 Å². The van der Waals surface area contributed by atoms with E-state index >= 15 is 4.39 Å². The molecule has 1 fully saturated rings. The maximum absolute atomic E-state index is 15.3. The van der Waals surface area contributed by atoms with Crippen molar-refractivity contribution in [2.45, 2.75) is 97.1 Å². The molecule has 4 aromatic rings. The van der Waals surface area contributed by atoms with Gasteiger partial charge in [-0.2, -0.15) is 0 Å². The molecule has 49 heavy (non-hydrogen) atoms. The van der Waals surface area contributed by atoms with Crippen LogP contribution in [0.5, 0.6) is 5.75 Å². The third-order valence-electron chi connectivity index (χ3n) is 9.58. The van der Waals surface area contributed by atoms with Gasteiger partial charge in [-0.15, -0.1) is 0 Å². The van der Waals surface area contributed by atoms with E-state index in [0.717, 1.165) is 89.1 Å². The number of hydrogen-bond acceptors (Lipinski definition) is 7. The van der Waals surface area contributed by atoms with Gasteiger partial charge >= 0.3 is 5.97 Å². The number of esters is 1. The SMILES string of the molecule is COC(=O)C(OC(C)(C)C)c1c(C)c(Br)c2nc3cn2c1N1CCC(C)(CC1)OCCCCC(C)Oc1c(F)cccc1-c1cccc-3c1. The zero-order valence-electron chi connectivity index (χ0n) is 29.6. The third-order valence-corrected chi connectivity index (χ3v) is 10.5. The highest BCUT2D eigenvalue weighted by molar-refractivity contribution is 9.10. The summed E-state index contributed by atoms with van der Waals surface area (Å²) in [6.07, 6.45) is 5.08. The molecule has 0 saturated carbocycles. The van der Waals surface area contributed by atoms with Gasteiger partial charge in [0.25, 0.3) is 0 Å². The Kier molecular flexibility index (Phi) is 10.1. The number of pyridine rings is 1. The number of nitrogens with zero attached hydrogens (tertiary/aromatic N) is 3. The Hall–Kier alpha value is -3.47. The van der Waals surface area contributed by atoms with Gasteiger partial charge in [-0.05, 0) is 113 Å². The minimum Gasteiger partial charge on any atom is -0.487 e. The van der Waals surface area contributed by atoms with Crippen molar-refractivity contribution in [3.63, 3.8) is 0 Å². The number of carbonyl (C=O) groups excluding carboxylic acids is 1. The molecule has 7 rings (SSSR count). The average molecular weight is 737 g/mol. The van der Waals surface area contributed by atoms with Gasteiger partial charge in [-0.25, -0.2) is 14.2 Å². The predicted octanol–water partition coefficient (Wildman–Crippen LogP) is 9.23. The van der Waals surface area contributed by atoms with Gasteiger partial charge < -0.3 is 23.8 Å². The smallest absolute Gasteiger partial charge is 0.339 e. The quantitative estimate of drug-likeness (QED) is 0.194. The maximum Gasteiger partial charge on any atom is 0.339 e. The molecule has 0 N–H and O–H groups in total. The van der Waals surface area contributed by atoms with E-state index in [9.17, 15) is 4.79 Å². The summed E-state index contributed by atoms with van der Waals surface area (Å²) >= 11 is 3.85. The van der Waals surface area contributed by atoms with Crippen LogP contribution in [0.1, 0.15) is 84.0 Å². The van der Waals surface area contributed by atoms with Gasteiger partial charge in [0.15, 0.2) is 23.3 Å². The predicted molar refractivity (Wildman–Crippen MR) is 194 cm³/mol. The summed E-state index contributed by atoms with van der Waals surface area (Å²) < 4.78 is 42.8. The summed E-state index contributed by atoms with van der Waals surface area (Å²) in [5.74, 6) is 0.243. The molecule has 262 valence electrons. The molecule has 5 heterocycles. The molecular weight excluding hydrogens is 689 g/mol. The number of para-hydroxylation sites is 1. The molecule has 0 amide bonds. The van der Waals surface area contributed by atoms with Crippen LogP contribution in [0.15, 0.2) is 53.1 Å². The number of hydrogen-bond donors (Lipinski definition) is 0. The van der Waals surface area contributed by atoms with E-state index < -0.39 is 17.7 Å². The monoisotopic (exact) mass is 735 g/mol. The van der Waals surface area contributed by atoms with Gasteiger partial charge in [0.2, 0.25) is 0 Å². The molecule has 10 heteroatoms. The molecular formula is C39H47BrFN3O5. The number of carbonyl (C=O) groups is 1. The van der Waals surface area contributed by atoms with E-state index in [1.54, 1.807) is 6.07 Å². The van der Waals surface area contributed by atoms with Gasteiger partial charge in [0, 0.05) is 42.6 Å². The summed E-state index contributed by atoms with van der Waals surface area (Å²) in [6.45, 7) is 14.1. The lowest BCUT2D eigenvalue weighted by Gasteiger charge is -2.42. The van der Waals surface area contributed by atoms with Crippen LogP contribution in [0.2, 0.25) is 0 Å². The lowest BCUT2D eigenvalue weighted by atomic mass is 9.92. The largest absolute Gasteiger partial charge is 0.487 e. The second kappa shape index (κ2) is 14.0. The molecule has 2 atom stereocenters. The van der Waals surface area contributed by atoms with Crippen LogP contribution >= 0.6 is 15.9 Å². The van der Waals surface area contributed by atoms with Crippen molar-refractivity contribution >= 4 is 33.4 Å². The number of methoxy groups -OCH3 is 1. The van der Waals surface area contributed by atoms with Crippen LogP contribution in [0.4, 0.5) is 10.2 Å². The van der Waals surface area contributed by atoms with Crippen molar-refractivity contribution in [1.29, 1.82) is 0 Å². The number of piperidine rings is 1. The van der Waals surface area contributed by atoms with E-state index in [0.29, 0.717) is 12.2 Å². The van der Waals surface area contributed by atoms with Crippen molar-refractivity contribution in [3.05, 3.63) is 70.1 Å². The van der Waals surface area contributed by atoms with Gasteiger partial charge in [-0.3, -0.25) is 4.40 Å². The molecule has 2 aromatic carbocycles. The normalized spacial score (nSPS) is 20.9. The van der Waals surface area contributed by atoms with Crippen molar-refractivity contribution in [3.8, 4) is 28.1 Å². The molecule has 0 spiro atoms. The first-order valence-electron chi connectivity index (χ1n) is 17.2. The first kappa shape index (κ1) is 35.4. The fourth-order valence-corrected chi connectivity index (χ4v) is 7.38. The van der Waals surface area contributed by atoms with E-state index in [-0.39, 0.29) is 23.3 Å². The molecule has 0 radical (unpaired) electrons. The topological polar surface area (TPSA) is 74.5 Å². The minimum atomic E-state index is -0.973. The van der Waals surface area contributed by atoms with E-state index in [1.165, 1.54) is 13.2 Å². The fourth-order valence-electron chi connectivity index (χ4n) is 6.89. The lowest BCUT2D eigenvalue weighted by Crippen LogP contribution is -2.45. The number of imidazole rings is 1. The van der Waals surface area contributed by atoms with Crippen LogP contribution in [0, 0.1) is 12.7 Å². The Morgan fingerprint density at radius 2 is 1.84 bits per heavy atom. The summed E-state index contributed by atoms with van der Waals surface area (Å²) in [7, 11) is 1.39. The number of benzene rings is 2. The summed E-state index contributed by atoms with van der Waals surface area (Å²) in [6, 6.07) is 13.0. The molecule has 8 nitrogen and oxygen atoms in total. The summed E-state index contributed by atoms with van der Waals surface area (Å²) in [5.41, 5.74) is 4.52.